The van der Waals surface area contributed by atoms with Crippen LogP contribution in [0.5, 0.6) is 0 Å². The molecule has 9 heteroatoms. The topological polar surface area (TPSA) is 130 Å². The summed E-state index contributed by atoms with van der Waals surface area (Å²) in [5.74, 6) is 0.614. The standard InChI is InChI=1S/C22H21N5O3S/c1-13-9-14(11-24-2)3-8-17(13)18-10-20(30-27-18)21-22(23)25-12-19(26-21)15-4-6-16(7-5-15)31(28)29/h3-10,12,24H,11H2,1-2H3,(H2,23,25)(H,28,29)/p-1. The molecule has 1 atom stereocenters. The van der Waals surface area contributed by atoms with E-state index in [1.807, 2.05) is 26.1 Å². The molecule has 0 aliphatic rings. The first-order chi connectivity index (χ1) is 15.0. The third kappa shape index (κ3) is 4.38. The minimum atomic E-state index is -2.28. The summed E-state index contributed by atoms with van der Waals surface area (Å²) in [7, 11) is 1.91. The first kappa shape index (κ1) is 20.9. The van der Waals surface area contributed by atoms with Crippen LogP contribution in [0, 0.1) is 6.92 Å². The van der Waals surface area contributed by atoms with Gasteiger partial charge in [-0.2, -0.15) is 0 Å². The Kier molecular flexibility index (Phi) is 5.90. The quantitative estimate of drug-likeness (QED) is 0.442. The average Bonchev–Trinajstić information content (AvgIpc) is 3.24. The normalized spacial score (nSPS) is 12.1. The molecule has 1 unspecified atom stereocenters. The number of aromatic nitrogens is 3. The maximum atomic E-state index is 11.1. The number of nitrogens with one attached hydrogen (secondary N) is 1. The molecule has 4 aromatic rings. The van der Waals surface area contributed by atoms with E-state index in [1.54, 1.807) is 18.2 Å². The van der Waals surface area contributed by atoms with Gasteiger partial charge >= 0.3 is 0 Å². The van der Waals surface area contributed by atoms with Crippen LogP contribution in [0.4, 0.5) is 5.82 Å². The van der Waals surface area contributed by atoms with Gasteiger partial charge in [-0.3, -0.25) is 4.21 Å². The summed E-state index contributed by atoms with van der Waals surface area (Å²) < 4.78 is 27.7. The summed E-state index contributed by atoms with van der Waals surface area (Å²) in [5, 5.41) is 7.33. The molecule has 0 bridgehead atoms. The fourth-order valence-electron chi connectivity index (χ4n) is 3.30. The second kappa shape index (κ2) is 8.76. The summed E-state index contributed by atoms with van der Waals surface area (Å²) in [6, 6.07) is 14.3. The number of hydrogen-bond donors (Lipinski definition) is 2. The lowest BCUT2D eigenvalue weighted by atomic mass is 10.0. The Bertz CT molecular complexity index is 1250. The van der Waals surface area contributed by atoms with E-state index in [2.05, 4.69) is 26.5 Å². The molecule has 0 aliphatic carbocycles. The Balaban J connectivity index is 1.67. The number of anilines is 1. The Labute approximate surface area is 181 Å². The fourth-order valence-corrected chi connectivity index (χ4v) is 3.65. The van der Waals surface area contributed by atoms with Crippen LogP contribution in [0.15, 0.2) is 64.1 Å². The zero-order valence-electron chi connectivity index (χ0n) is 17.0. The van der Waals surface area contributed by atoms with E-state index in [1.165, 1.54) is 23.9 Å². The molecule has 0 saturated heterocycles. The van der Waals surface area contributed by atoms with Crippen LogP contribution in [0.2, 0.25) is 0 Å². The van der Waals surface area contributed by atoms with E-state index in [4.69, 9.17) is 10.3 Å². The molecular formula is C22H20N5O3S-. The Morgan fingerprint density at radius 1 is 1.13 bits per heavy atom. The Morgan fingerprint density at radius 3 is 2.58 bits per heavy atom. The van der Waals surface area contributed by atoms with Crippen molar-refractivity contribution in [3.63, 3.8) is 0 Å². The molecule has 4 rings (SSSR count). The summed E-state index contributed by atoms with van der Waals surface area (Å²) in [6.07, 6.45) is 1.53. The summed E-state index contributed by atoms with van der Waals surface area (Å²) >= 11 is -2.28. The molecule has 0 aliphatic heterocycles. The lowest BCUT2D eigenvalue weighted by molar-refractivity contribution is 0.433. The number of aryl methyl sites for hydroxylation is 1. The number of benzene rings is 2. The summed E-state index contributed by atoms with van der Waals surface area (Å²) in [6.45, 7) is 2.81. The van der Waals surface area contributed by atoms with Crippen molar-refractivity contribution in [2.45, 2.75) is 18.4 Å². The minimum absolute atomic E-state index is 0.198. The molecule has 0 radical (unpaired) electrons. The fraction of sp³-hybridized carbons (Fsp3) is 0.136. The highest BCUT2D eigenvalue weighted by Crippen LogP contribution is 2.31. The molecule has 2 heterocycles. The second-order valence-electron chi connectivity index (χ2n) is 7.00. The highest BCUT2D eigenvalue weighted by Gasteiger charge is 2.16. The maximum absolute atomic E-state index is 11.1. The van der Waals surface area contributed by atoms with Crippen LogP contribution >= 0.6 is 0 Å². The number of nitrogen functional groups attached to an aromatic ring is 1. The minimum Gasteiger partial charge on any atom is -0.768 e. The van der Waals surface area contributed by atoms with Gasteiger partial charge in [0.25, 0.3) is 0 Å². The van der Waals surface area contributed by atoms with Crippen molar-refractivity contribution >= 4 is 16.9 Å². The summed E-state index contributed by atoms with van der Waals surface area (Å²) in [4.78, 5) is 8.99. The average molecular weight is 435 g/mol. The molecule has 0 fully saturated rings. The lowest BCUT2D eigenvalue weighted by Crippen LogP contribution is -2.05. The highest BCUT2D eigenvalue weighted by atomic mass is 32.2. The number of nitrogens with two attached hydrogens (primary N) is 1. The zero-order chi connectivity index (χ0) is 22.0. The van der Waals surface area contributed by atoms with E-state index in [9.17, 15) is 8.76 Å². The van der Waals surface area contributed by atoms with Gasteiger partial charge in [0.1, 0.15) is 5.69 Å². The van der Waals surface area contributed by atoms with Crippen LogP contribution in [0.25, 0.3) is 34.0 Å². The third-order valence-corrected chi connectivity index (χ3v) is 5.49. The van der Waals surface area contributed by atoms with Crippen LogP contribution in [0.1, 0.15) is 11.1 Å². The molecule has 2 aromatic carbocycles. The van der Waals surface area contributed by atoms with Crippen LogP contribution in [-0.2, 0) is 17.6 Å². The molecule has 8 nitrogen and oxygen atoms in total. The van der Waals surface area contributed by atoms with Gasteiger partial charge in [-0.1, -0.05) is 35.5 Å². The lowest BCUT2D eigenvalue weighted by Gasteiger charge is -2.07. The highest BCUT2D eigenvalue weighted by molar-refractivity contribution is 7.79. The first-order valence-corrected chi connectivity index (χ1v) is 10.6. The van der Waals surface area contributed by atoms with Gasteiger partial charge in [-0.15, -0.1) is 0 Å². The van der Waals surface area contributed by atoms with Gasteiger partial charge in [-0.05, 0) is 48.3 Å². The van der Waals surface area contributed by atoms with Gasteiger partial charge < -0.3 is 20.1 Å². The molecule has 31 heavy (non-hydrogen) atoms. The second-order valence-corrected chi connectivity index (χ2v) is 7.95. The van der Waals surface area contributed by atoms with Crippen LogP contribution < -0.4 is 11.1 Å². The van der Waals surface area contributed by atoms with Crippen molar-refractivity contribution in [3.05, 3.63) is 65.9 Å². The van der Waals surface area contributed by atoms with Crippen LogP contribution in [0.3, 0.4) is 0 Å². The number of nitrogens with zero attached hydrogens (tertiary/aromatic N) is 3. The Hall–Kier alpha value is -3.40. The first-order valence-electron chi connectivity index (χ1n) is 9.50. The third-order valence-electron chi connectivity index (χ3n) is 4.83. The van der Waals surface area contributed by atoms with Gasteiger partial charge in [0.2, 0.25) is 0 Å². The monoisotopic (exact) mass is 434 g/mol. The molecule has 3 N–H and O–H groups in total. The smallest absolute Gasteiger partial charge is 0.189 e. The van der Waals surface area contributed by atoms with Crippen molar-refractivity contribution in [1.29, 1.82) is 0 Å². The number of hydrogen-bond acceptors (Lipinski definition) is 8. The van der Waals surface area contributed by atoms with Crippen molar-refractivity contribution in [2.24, 2.45) is 0 Å². The van der Waals surface area contributed by atoms with E-state index >= 15 is 0 Å². The van der Waals surface area contributed by atoms with E-state index in [-0.39, 0.29) is 10.7 Å². The van der Waals surface area contributed by atoms with Crippen molar-refractivity contribution < 1.29 is 13.3 Å². The predicted molar refractivity (Wildman–Crippen MR) is 117 cm³/mol. The van der Waals surface area contributed by atoms with Crippen molar-refractivity contribution in [3.8, 4) is 34.0 Å². The van der Waals surface area contributed by atoms with E-state index in [0.717, 1.165) is 17.7 Å². The molecule has 158 valence electrons. The van der Waals surface area contributed by atoms with E-state index < -0.39 is 11.1 Å². The largest absolute Gasteiger partial charge is 0.768 e. The van der Waals surface area contributed by atoms with E-state index in [0.29, 0.717) is 28.4 Å². The molecule has 0 spiro atoms. The van der Waals surface area contributed by atoms with Gasteiger partial charge in [0.05, 0.1) is 11.9 Å². The molecule has 0 amide bonds. The molecular weight excluding hydrogens is 414 g/mol. The predicted octanol–water partition coefficient (Wildman–Crippen LogP) is 3.31. The van der Waals surface area contributed by atoms with Crippen molar-refractivity contribution in [1.82, 2.24) is 20.4 Å². The number of rotatable bonds is 6. The summed E-state index contributed by atoms with van der Waals surface area (Å²) in [5.41, 5.74) is 11.6. The molecule has 2 aromatic heterocycles. The van der Waals surface area contributed by atoms with Crippen molar-refractivity contribution in [2.75, 3.05) is 12.8 Å². The van der Waals surface area contributed by atoms with Gasteiger partial charge in [-0.25, -0.2) is 9.97 Å². The Morgan fingerprint density at radius 2 is 1.90 bits per heavy atom. The van der Waals surface area contributed by atoms with Crippen LogP contribution in [-0.4, -0.2) is 30.9 Å². The van der Waals surface area contributed by atoms with Gasteiger partial charge in [0.15, 0.2) is 17.3 Å². The zero-order valence-corrected chi connectivity index (χ0v) is 17.8. The SMILES string of the molecule is CNCc1ccc(-c2cc(-c3nc(-c4ccc(S(=O)[O-])cc4)cnc3N)on2)c(C)c1. The maximum Gasteiger partial charge on any atom is 0.189 e. The molecule has 0 saturated carbocycles. The van der Waals surface area contributed by atoms with Gasteiger partial charge in [0, 0.05) is 28.6 Å².